The third-order valence-electron chi connectivity index (χ3n) is 4.53. The molecule has 2 aromatic carbocycles. The second-order valence-corrected chi connectivity index (χ2v) is 6.34. The monoisotopic (exact) mass is 342 g/mol. The third kappa shape index (κ3) is 4.89. The zero-order valence-electron chi connectivity index (χ0n) is 13.9. The minimum Gasteiger partial charge on any atom is -0.508 e. The van der Waals surface area contributed by atoms with Crippen molar-refractivity contribution < 1.29 is 24.5 Å². The summed E-state index contributed by atoms with van der Waals surface area (Å²) in [6.07, 6.45) is 3.51. The molecule has 1 aliphatic carbocycles. The fourth-order valence-electron chi connectivity index (χ4n) is 3.17. The zero-order chi connectivity index (χ0) is 17.6. The second-order valence-electron chi connectivity index (χ2n) is 6.34. The van der Waals surface area contributed by atoms with Crippen molar-refractivity contribution in [3.8, 4) is 17.2 Å². The summed E-state index contributed by atoms with van der Waals surface area (Å²) in [4.78, 5) is 11.9. The quantitative estimate of drug-likeness (QED) is 0.810. The van der Waals surface area contributed by atoms with Gasteiger partial charge in [-0.1, -0.05) is 12.1 Å². The Labute approximate surface area is 146 Å². The number of carbonyl (C=O) groups excluding carboxylic acids is 1. The van der Waals surface area contributed by atoms with Gasteiger partial charge in [-0.25, -0.2) is 4.79 Å². The van der Waals surface area contributed by atoms with E-state index >= 15 is 0 Å². The maximum atomic E-state index is 11.9. The Morgan fingerprint density at radius 3 is 2.04 bits per heavy atom. The van der Waals surface area contributed by atoms with Crippen molar-refractivity contribution in [2.45, 2.75) is 37.7 Å². The number of aromatic hydroxyl groups is 2. The Kier molecular flexibility index (Phi) is 5.43. The van der Waals surface area contributed by atoms with Gasteiger partial charge in [0, 0.05) is 0 Å². The molecule has 0 radical (unpaired) electrons. The Balaban J connectivity index is 1.41. The van der Waals surface area contributed by atoms with E-state index in [9.17, 15) is 15.0 Å². The van der Waals surface area contributed by atoms with Gasteiger partial charge < -0.3 is 19.7 Å². The smallest absolute Gasteiger partial charge is 0.344 e. The molecule has 2 aromatic rings. The Morgan fingerprint density at radius 1 is 0.880 bits per heavy atom. The first-order valence-electron chi connectivity index (χ1n) is 8.50. The van der Waals surface area contributed by atoms with Gasteiger partial charge >= 0.3 is 5.97 Å². The number of hydrogen-bond acceptors (Lipinski definition) is 5. The van der Waals surface area contributed by atoms with Crippen LogP contribution in [0.25, 0.3) is 0 Å². The van der Waals surface area contributed by atoms with Gasteiger partial charge in [0.1, 0.15) is 23.4 Å². The molecule has 2 N–H and O–H groups in total. The fraction of sp³-hybridized carbons (Fsp3) is 0.350. The minimum atomic E-state index is -0.374. The lowest BCUT2D eigenvalue weighted by atomic mass is 9.83. The van der Waals surface area contributed by atoms with E-state index in [1.807, 2.05) is 12.1 Å². The zero-order valence-corrected chi connectivity index (χ0v) is 13.9. The summed E-state index contributed by atoms with van der Waals surface area (Å²) in [7, 11) is 0. The maximum absolute atomic E-state index is 11.9. The van der Waals surface area contributed by atoms with Gasteiger partial charge in [-0.2, -0.15) is 0 Å². The topological polar surface area (TPSA) is 76.0 Å². The molecule has 1 saturated carbocycles. The van der Waals surface area contributed by atoms with E-state index in [0.29, 0.717) is 11.7 Å². The highest BCUT2D eigenvalue weighted by Crippen LogP contribution is 2.34. The predicted molar refractivity (Wildman–Crippen MR) is 92.8 cm³/mol. The first-order valence-corrected chi connectivity index (χ1v) is 8.50. The molecule has 0 saturated heterocycles. The van der Waals surface area contributed by atoms with E-state index in [1.165, 1.54) is 17.7 Å². The fourth-order valence-corrected chi connectivity index (χ4v) is 3.17. The summed E-state index contributed by atoms with van der Waals surface area (Å²) in [6.45, 7) is -0.136. The number of esters is 1. The molecule has 0 bridgehead atoms. The first-order chi connectivity index (χ1) is 12.1. The van der Waals surface area contributed by atoms with Crippen LogP contribution in [-0.4, -0.2) is 28.9 Å². The van der Waals surface area contributed by atoms with Gasteiger partial charge in [0.15, 0.2) is 6.61 Å². The summed E-state index contributed by atoms with van der Waals surface area (Å²) in [5, 5.41) is 18.6. The molecule has 0 heterocycles. The molecule has 0 unspecified atom stereocenters. The van der Waals surface area contributed by atoms with Crippen LogP contribution in [0.1, 0.15) is 37.2 Å². The van der Waals surface area contributed by atoms with Gasteiger partial charge in [0.2, 0.25) is 0 Å². The van der Waals surface area contributed by atoms with Crippen LogP contribution in [0.2, 0.25) is 0 Å². The summed E-state index contributed by atoms with van der Waals surface area (Å²) in [6, 6.07) is 13.5. The van der Waals surface area contributed by atoms with Crippen LogP contribution in [0.15, 0.2) is 48.5 Å². The van der Waals surface area contributed by atoms with E-state index in [1.54, 1.807) is 24.3 Å². The highest BCUT2D eigenvalue weighted by atomic mass is 16.6. The minimum absolute atomic E-state index is 0.0655. The number of rotatable bonds is 5. The number of benzene rings is 2. The summed E-state index contributed by atoms with van der Waals surface area (Å²) in [5.74, 6) is 1.02. The lowest BCUT2D eigenvalue weighted by molar-refractivity contribution is -0.153. The van der Waals surface area contributed by atoms with Crippen molar-refractivity contribution in [2.75, 3.05) is 6.61 Å². The Morgan fingerprint density at radius 2 is 1.44 bits per heavy atom. The van der Waals surface area contributed by atoms with Crippen LogP contribution in [0.4, 0.5) is 0 Å². The normalized spacial score (nSPS) is 20.0. The van der Waals surface area contributed by atoms with Crippen LogP contribution in [0.5, 0.6) is 17.2 Å². The Hall–Kier alpha value is -2.69. The lowest BCUT2D eigenvalue weighted by Gasteiger charge is -2.28. The van der Waals surface area contributed by atoms with Gasteiger partial charge in [0.05, 0.1) is 0 Å². The largest absolute Gasteiger partial charge is 0.508 e. The van der Waals surface area contributed by atoms with Gasteiger partial charge in [-0.3, -0.25) is 0 Å². The van der Waals surface area contributed by atoms with Crippen LogP contribution in [0.3, 0.4) is 0 Å². The number of phenolic OH excluding ortho intramolecular Hbond substituents is 2. The molecule has 5 heteroatoms. The van der Waals surface area contributed by atoms with Crippen LogP contribution in [0, 0.1) is 0 Å². The third-order valence-corrected chi connectivity index (χ3v) is 4.53. The van der Waals surface area contributed by atoms with E-state index < -0.39 is 0 Å². The first kappa shape index (κ1) is 17.1. The summed E-state index contributed by atoms with van der Waals surface area (Å²) in [5.41, 5.74) is 1.22. The van der Waals surface area contributed by atoms with Gasteiger partial charge in [-0.15, -0.1) is 0 Å². The lowest BCUT2D eigenvalue weighted by Crippen LogP contribution is -2.26. The average molecular weight is 342 g/mol. The number of phenols is 2. The maximum Gasteiger partial charge on any atom is 0.344 e. The van der Waals surface area contributed by atoms with Crippen molar-refractivity contribution in [1.29, 1.82) is 0 Å². The SMILES string of the molecule is O=C(COc1ccc(O)cc1)OC1CCC(c2ccc(O)cc2)CC1. The highest BCUT2D eigenvalue weighted by Gasteiger charge is 2.25. The van der Waals surface area contributed by atoms with Crippen molar-refractivity contribution in [2.24, 2.45) is 0 Å². The second kappa shape index (κ2) is 7.92. The molecule has 1 fully saturated rings. The Bertz CT molecular complexity index is 685. The van der Waals surface area contributed by atoms with Crippen LogP contribution in [-0.2, 0) is 9.53 Å². The number of carbonyl (C=O) groups is 1. The average Bonchev–Trinajstić information content (AvgIpc) is 2.63. The molecule has 1 aliphatic rings. The molecule has 5 nitrogen and oxygen atoms in total. The van der Waals surface area contributed by atoms with Crippen molar-refractivity contribution >= 4 is 5.97 Å². The van der Waals surface area contributed by atoms with Crippen molar-refractivity contribution in [3.63, 3.8) is 0 Å². The molecule has 0 aliphatic heterocycles. The van der Waals surface area contributed by atoms with Crippen molar-refractivity contribution in [1.82, 2.24) is 0 Å². The van der Waals surface area contributed by atoms with Gasteiger partial charge in [0.25, 0.3) is 0 Å². The molecule has 0 aromatic heterocycles. The molecule has 0 spiro atoms. The molecular weight excluding hydrogens is 320 g/mol. The van der Waals surface area contributed by atoms with Crippen LogP contribution >= 0.6 is 0 Å². The van der Waals surface area contributed by atoms with Gasteiger partial charge in [-0.05, 0) is 73.6 Å². The van der Waals surface area contributed by atoms with E-state index in [-0.39, 0.29) is 30.2 Å². The standard InChI is InChI=1S/C20H22O5/c21-16-5-1-14(2-6-16)15-3-9-19(10-4-15)25-20(23)13-24-18-11-7-17(22)8-12-18/h1-2,5-8,11-12,15,19,21-22H,3-4,9-10,13H2. The molecule has 0 atom stereocenters. The molecule has 0 amide bonds. The predicted octanol–water partition coefficient (Wildman–Crippen LogP) is 3.75. The molecule has 3 rings (SSSR count). The van der Waals surface area contributed by atoms with Crippen LogP contribution < -0.4 is 4.74 Å². The molecule has 25 heavy (non-hydrogen) atoms. The van der Waals surface area contributed by atoms with E-state index in [4.69, 9.17) is 9.47 Å². The highest BCUT2D eigenvalue weighted by molar-refractivity contribution is 5.71. The molecule has 132 valence electrons. The number of ether oxygens (including phenoxy) is 2. The molecular formula is C20H22O5. The van der Waals surface area contributed by atoms with Crippen molar-refractivity contribution in [3.05, 3.63) is 54.1 Å². The number of hydrogen-bond donors (Lipinski definition) is 2. The van der Waals surface area contributed by atoms with E-state index in [2.05, 4.69) is 0 Å². The summed E-state index contributed by atoms with van der Waals surface area (Å²) < 4.78 is 10.8. The van der Waals surface area contributed by atoms with E-state index in [0.717, 1.165) is 25.7 Å². The summed E-state index contributed by atoms with van der Waals surface area (Å²) >= 11 is 0.